The van der Waals surface area contributed by atoms with E-state index < -0.39 is 12.1 Å². The van der Waals surface area contributed by atoms with E-state index in [4.69, 9.17) is 15.6 Å². The Morgan fingerprint density at radius 1 is 1.64 bits per heavy atom. The van der Waals surface area contributed by atoms with Gasteiger partial charge in [-0.25, -0.2) is 4.79 Å². The third-order valence-corrected chi connectivity index (χ3v) is 2.61. The minimum atomic E-state index is -0.854. The fourth-order valence-corrected chi connectivity index (χ4v) is 1.84. The van der Waals surface area contributed by atoms with Crippen molar-refractivity contribution in [3.8, 4) is 0 Å². The zero-order valence-electron chi connectivity index (χ0n) is 8.61. The maximum atomic E-state index is 10.8. The molecule has 3 N–H and O–H groups in total. The first kappa shape index (κ1) is 11.5. The number of ether oxygens (including phenoxy) is 1. The van der Waals surface area contributed by atoms with Crippen molar-refractivity contribution in [2.75, 3.05) is 0 Å². The Morgan fingerprint density at radius 3 is 2.79 bits per heavy atom. The van der Waals surface area contributed by atoms with Crippen molar-refractivity contribution in [2.24, 2.45) is 5.73 Å². The van der Waals surface area contributed by atoms with Gasteiger partial charge in [-0.3, -0.25) is 0 Å². The Balaban J connectivity index is 2.35. The number of rotatable bonds is 5. The van der Waals surface area contributed by atoms with Crippen LogP contribution in [0.25, 0.3) is 0 Å². The monoisotopic (exact) mass is 201 g/mol. The van der Waals surface area contributed by atoms with E-state index in [-0.39, 0.29) is 12.1 Å². The molecule has 0 heterocycles. The van der Waals surface area contributed by atoms with Crippen LogP contribution in [0.2, 0.25) is 0 Å². The van der Waals surface area contributed by atoms with E-state index in [1.807, 2.05) is 6.92 Å². The van der Waals surface area contributed by atoms with Crippen molar-refractivity contribution in [1.82, 2.24) is 0 Å². The molecule has 0 aromatic carbocycles. The largest absolute Gasteiger partial charge is 0.479 e. The van der Waals surface area contributed by atoms with Gasteiger partial charge in [0.1, 0.15) is 0 Å². The Bertz CT molecular complexity index is 196. The Kier molecular flexibility index (Phi) is 4.35. The van der Waals surface area contributed by atoms with Crippen molar-refractivity contribution in [3.05, 3.63) is 0 Å². The molecular weight excluding hydrogens is 182 g/mol. The lowest BCUT2D eigenvalue weighted by atomic mass is 10.2. The standard InChI is InChI=1S/C10H19NO3/c1-2-3-9(10(12)13)14-8-5-4-7(11)6-8/h7-9H,2-6,11H2,1H3,(H,12,13). The van der Waals surface area contributed by atoms with Gasteiger partial charge < -0.3 is 15.6 Å². The van der Waals surface area contributed by atoms with Gasteiger partial charge in [0.2, 0.25) is 0 Å². The first-order valence-corrected chi connectivity index (χ1v) is 5.27. The van der Waals surface area contributed by atoms with Crippen LogP contribution in [-0.4, -0.2) is 29.3 Å². The SMILES string of the molecule is CCCC(OC1CCC(N)C1)C(=O)O. The lowest BCUT2D eigenvalue weighted by Gasteiger charge is -2.17. The molecule has 0 aromatic heterocycles. The highest BCUT2D eigenvalue weighted by atomic mass is 16.5. The fraction of sp³-hybridized carbons (Fsp3) is 0.900. The second-order valence-corrected chi connectivity index (χ2v) is 3.95. The number of hydrogen-bond acceptors (Lipinski definition) is 3. The molecule has 0 aliphatic heterocycles. The molecule has 0 amide bonds. The maximum absolute atomic E-state index is 10.8. The van der Waals surface area contributed by atoms with Crippen LogP contribution in [-0.2, 0) is 9.53 Å². The number of aliphatic carboxylic acids is 1. The summed E-state index contributed by atoms with van der Waals surface area (Å²) in [6.45, 7) is 1.96. The molecule has 1 aliphatic rings. The van der Waals surface area contributed by atoms with Crippen LogP contribution in [0.3, 0.4) is 0 Å². The van der Waals surface area contributed by atoms with Crippen LogP contribution in [0.1, 0.15) is 39.0 Å². The molecule has 0 saturated heterocycles. The van der Waals surface area contributed by atoms with Gasteiger partial charge in [-0.2, -0.15) is 0 Å². The third kappa shape index (κ3) is 3.27. The third-order valence-electron chi connectivity index (χ3n) is 2.61. The zero-order chi connectivity index (χ0) is 10.6. The molecule has 0 spiro atoms. The molecule has 14 heavy (non-hydrogen) atoms. The second-order valence-electron chi connectivity index (χ2n) is 3.95. The van der Waals surface area contributed by atoms with Crippen molar-refractivity contribution < 1.29 is 14.6 Å². The summed E-state index contributed by atoms with van der Waals surface area (Å²) in [5, 5.41) is 8.87. The lowest BCUT2D eigenvalue weighted by molar-refractivity contribution is -0.154. The first-order valence-electron chi connectivity index (χ1n) is 5.27. The van der Waals surface area contributed by atoms with Crippen molar-refractivity contribution in [3.63, 3.8) is 0 Å². The van der Waals surface area contributed by atoms with Gasteiger partial charge in [-0.1, -0.05) is 13.3 Å². The molecule has 3 unspecified atom stereocenters. The van der Waals surface area contributed by atoms with E-state index in [0.717, 1.165) is 25.7 Å². The minimum Gasteiger partial charge on any atom is -0.479 e. The fourth-order valence-electron chi connectivity index (χ4n) is 1.84. The van der Waals surface area contributed by atoms with Gasteiger partial charge in [0, 0.05) is 6.04 Å². The minimum absolute atomic E-state index is 0.0534. The van der Waals surface area contributed by atoms with Crippen molar-refractivity contribution >= 4 is 5.97 Å². The zero-order valence-corrected chi connectivity index (χ0v) is 8.61. The highest BCUT2D eigenvalue weighted by Gasteiger charge is 2.27. The highest BCUT2D eigenvalue weighted by Crippen LogP contribution is 2.22. The Morgan fingerprint density at radius 2 is 2.36 bits per heavy atom. The number of carboxylic acids is 1. The van der Waals surface area contributed by atoms with E-state index >= 15 is 0 Å². The summed E-state index contributed by atoms with van der Waals surface area (Å²) in [4.78, 5) is 10.8. The van der Waals surface area contributed by atoms with Crippen molar-refractivity contribution in [1.29, 1.82) is 0 Å². The number of nitrogens with two attached hydrogens (primary N) is 1. The smallest absolute Gasteiger partial charge is 0.332 e. The summed E-state index contributed by atoms with van der Waals surface area (Å²) in [6.07, 6.45) is 3.47. The molecule has 1 rings (SSSR count). The average Bonchev–Trinajstić information content (AvgIpc) is 2.50. The van der Waals surface area contributed by atoms with E-state index in [9.17, 15) is 4.79 Å². The van der Waals surface area contributed by atoms with E-state index in [2.05, 4.69) is 0 Å². The number of hydrogen-bond donors (Lipinski definition) is 2. The van der Waals surface area contributed by atoms with Gasteiger partial charge in [-0.05, 0) is 25.7 Å². The van der Waals surface area contributed by atoms with Gasteiger partial charge in [0.25, 0.3) is 0 Å². The van der Waals surface area contributed by atoms with Gasteiger partial charge in [-0.15, -0.1) is 0 Å². The van der Waals surface area contributed by atoms with Gasteiger partial charge >= 0.3 is 5.97 Å². The van der Waals surface area contributed by atoms with Crippen LogP contribution in [0.5, 0.6) is 0 Å². The van der Waals surface area contributed by atoms with Crippen LogP contribution in [0, 0.1) is 0 Å². The predicted molar refractivity (Wildman–Crippen MR) is 53.0 cm³/mol. The lowest BCUT2D eigenvalue weighted by Crippen LogP contribution is -2.29. The average molecular weight is 201 g/mol. The van der Waals surface area contributed by atoms with Crippen molar-refractivity contribution in [2.45, 2.75) is 57.3 Å². The second kappa shape index (κ2) is 5.32. The van der Waals surface area contributed by atoms with Crippen LogP contribution in [0.4, 0.5) is 0 Å². The molecule has 0 bridgehead atoms. The molecule has 1 aliphatic carbocycles. The van der Waals surface area contributed by atoms with Gasteiger partial charge in [0.15, 0.2) is 6.10 Å². The summed E-state index contributed by atoms with van der Waals surface area (Å²) in [5.74, 6) is -0.854. The van der Waals surface area contributed by atoms with E-state index in [1.54, 1.807) is 0 Å². The Hall–Kier alpha value is -0.610. The van der Waals surface area contributed by atoms with Crippen LogP contribution < -0.4 is 5.73 Å². The summed E-state index contributed by atoms with van der Waals surface area (Å²) in [6, 6.07) is 0.191. The molecule has 0 aromatic rings. The molecule has 0 radical (unpaired) electrons. The number of carboxylic acid groups (broad SMARTS) is 1. The summed E-state index contributed by atoms with van der Waals surface area (Å²) < 4.78 is 5.50. The predicted octanol–water partition coefficient (Wildman–Crippen LogP) is 1.14. The molecule has 3 atom stereocenters. The normalized spacial score (nSPS) is 29.0. The summed E-state index contributed by atoms with van der Waals surface area (Å²) in [5.41, 5.74) is 5.72. The summed E-state index contributed by atoms with van der Waals surface area (Å²) >= 11 is 0. The van der Waals surface area contributed by atoms with E-state index in [0.29, 0.717) is 6.42 Å². The van der Waals surface area contributed by atoms with Gasteiger partial charge in [0.05, 0.1) is 6.10 Å². The summed E-state index contributed by atoms with van der Waals surface area (Å²) in [7, 11) is 0. The maximum Gasteiger partial charge on any atom is 0.332 e. The quantitative estimate of drug-likeness (QED) is 0.699. The molecule has 4 nitrogen and oxygen atoms in total. The molecule has 4 heteroatoms. The van der Waals surface area contributed by atoms with Crippen LogP contribution >= 0.6 is 0 Å². The number of carbonyl (C=O) groups is 1. The molecule has 1 fully saturated rings. The molecular formula is C10H19NO3. The molecule has 1 saturated carbocycles. The van der Waals surface area contributed by atoms with Crippen LogP contribution in [0.15, 0.2) is 0 Å². The molecule has 82 valence electrons. The highest BCUT2D eigenvalue weighted by molar-refractivity contribution is 5.72. The first-order chi connectivity index (χ1) is 6.63. The Labute approximate surface area is 84.4 Å². The van der Waals surface area contributed by atoms with E-state index in [1.165, 1.54) is 0 Å². The topological polar surface area (TPSA) is 72.5 Å².